The Morgan fingerprint density at radius 1 is 1.44 bits per heavy atom. The summed E-state index contributed by atoms with van der Waals surface area (Å²) in [4.78, 5) is 0. The second-order valence-corrected chi connectivity index (χ2v) is 5.26. The number of rotatable bonds is 4. The summed E-state index contributed by atoms with van der Waals surface area (Å²) in [5.74, 6) is -0.0629. The van der Waals surface area contributed by atoms with Crippen molar-refractivity contribution < 1.29 is 0 Å². The molecule has 1 nitrogen and oxygen atoms in total. The Morgan fingerprint density at radius 3 is 2.72 bits per heavy atom. The molecule has 0 spiro atoms. The second kappa shape index (κ2) is 5.40. The normalized spacial score (nSPS) is 19.1. The highest BCUT2D eigenvalue weighted by atomic mass is 14.5. The van der Waals surface area contributed by atoms with E-state index in [0.717, 1.165) is 19.3 Å². The van der Waals surface area contributed by atoms with Gasteiger partial charge in [0.05, 0.1) is 12.0 Å². The van der Waals surface area contributed by atoms with Crippen LogP contribution in [0.5, 0.6) is 0 Å². The molecule has 1 fully saturated rings. The molecule has 1 saturated carbocycles. The summed E-state index contributed by atoms with van der Waals surface area (Å²) in [5.41, 5.74) is 2.71. The molecule has 0 aromatic heterocycles. The molecular weight excluding hydrogens is 218 g/mol. The van der Waals surface area contributed by atoms with E-state index in [9.17, 15) is 5.26 Å². The molecular formula is C17H21N. The summed E-state index contributed by atoms with van der Waals surface area (Å²) in [7, 11) is 0. The minimum Gasteiger partial charge on any atom is -0.198 e. The molecule has 94 valence electrons. The number of nitriles is 1. The Morgan fingerprint density at radius 2 is 2.17 bits per heavy atom. The number of hydrogen-bond donors (Lipinski definition) is 0. The van der Waals surface area contributed by atoms with Gasteiger partial charge < -0.3 is 0 Å². The molecule has 1 aliphatic rings. The highest BCUT2D eigenvalue weighted by Crippen LogP contribution is 2.47. The van der Waals surface area contributed by atoms with Crippen molar-refractivity contribution in [2.45, 2.75) is 44.4 Å². The molecule has 1 aromatic carbocycles. The van der Waals surface area contributed by atoms with E-state index in [1.54, 1.807) is 0 Å². The molecule has 1 aliphatic carbocycles. The van der Waals surface area contributed by atoms with Gasteiger partial charge in [0.1, 0.15) is 0 Å². The van der Waals surface area contributed by atoms with E-state index in [4.69, 9.17) is 0 Å². The zero-order valence-electron chi connectivity index (χ0n) is 11.2. The summed E-state index contributed by atoms with van der Waals surface area (Å²) < 4.78 is 0. The van der Waals surface area contributed by atoms with Gasteiger partial charge in [-0.3, -0.25) is 0 Å². The van der Waals surface area contributed by atoms with Crippen LogP contribution < -0.4 is 0 Å². The average Bonchev–Trinajstić information content (AvgIpc) is 2.91. The molecule has 0 bridgehead atoms. The van der Waals surface area contributed by atoms with Crippen LogP contribution in [0.3, 0.4) is 0 Å². The Hall–Kier alpha value is -1.55. The minimum absolute atomic E-state index is 0.0156. The van der Waals surface area contributed by atoms with Crippen molar-refractivity contribution in [3.05, 3.63) is 48.0 Å². The van der Waals surface area contributed by atoms with Gasteiger partial charge >= 0.3 is 0 Å². The van der Waals surface area contributed by atoms with Crippen molar-refractivity contribution in [3.63, 3.8) is 0 Å². The summed E-state index contributed by atoms with van der Waals surface area (Å²) in [6.45, 7) is 6.04. The summed E-state index contributed by atoms with van der Waals surface area (Å²) in [6.07, 6.45) is 7.57. The monoisotopic (exact) mass is 239 g/mol. The number of benzene rings is 1. The maximum atomic E-state index is 9.42. The molecule has 1 unspecified atom stereocenters. The third kappa shape index (κ3) is 2.08. The lowest BCUT2D eigenvalue weighted by Crippen LogP contribution is -2.30. The average molecular weight is 239 g/mol. The van der Waals surface area contributed by atoms with Crippen molar-refractivity contribution in [3.8, 4) is 6.07 Å². The number of hydrogen-bond acceptors (Lipinski definition) is 1. The Labute approximate surface area is 110 Å². The van der Waals surface area contributed by atoms with Crippen LogP contribution in [0.2, 0.25) is 0 Å². The zero-order chi connectivity index (χ0) is 13.0. The van der Waals surface area contributed by atoms with Gasteiger partial charge in [-0.2, -0.15) is 5.26 Å². The Bertz CT molecular complexity index is 461. The quantitative estimate of drug-likeness (QED) is 0.715. The first-order chi connectivity index (χ1) is 8.76. The number of nitrogens with zero attached hydrogens (tertiary/aromatic N) is 1. The van der Waals surface area contributed by atoms with Gasteiger partial charge in [-0.1, -0.05) is 50.1 Å². The molecule has 0 aliphatic heterocycles. The van der Waals surface area contributed by atoms with E-state index in [1.165, 1.54) is 24.0 Å². The third-order valence-electron chi connectivity index (χ3n) is 4.38. The van der Waals surface area contributed by atoms with Crippen LogP contribution in [-0.4, -0.2) is 0 Å². The van der Waals surface area contributed by atoms with Crippen LogP contribution in [-0.2, 0) is 11.8 Å². The largest absolute Gasteiger partial charge is 0.198 e. The Kier molecular flexibility index (Phi) is 3.87. The van der Waals surface area contributed by atoms with Crippen LogP contribution in [0.15, 0.2) is 36.9 Å². The van der Waals surface area contributed by atoms with Gasteiger partial charge in [-0.25, -0.2) is 0 Å². The predicted molar refractivity (Wildman–Crippen MR) is 75.3 cm³/mol. The standard InChI is InChI=1S/C17H21N/c1-3-14-8-7-9-16(12-14)17(10-5-6-11-17)15(4-2)13-18/h4,7-9,12,15H,2-3,5-6,10-11H2,1H3. The fourth-order valence-electron chi connectivity index (χ4n) is 3.29. The smallest absolute Gasteiger partial charge is 0.0737 e. The van der Waals surface area contributed by atoms with Gasteiger partial charge in [-0.05, 0) is 30.4 Å². The third-order valence-corrected chi connectivity index (χ3v) is 4.38. The SMILES string of the molecule is C=CC(C#N)C1(c2cccc(CC)c2)CCCC1. The molecule has 0 saturated heterocycles. The van der Waals surface area contributed by atoms with Gasteiger partial charge in [0.25, 0.3) is 0 Å². The summed E-state index contributed by atoms with van der Waals surface area (Å²) in [6, 6.07) is 11.2. The zero-order valence-corrected chi connectivity index (χ0v) is 11.2. The van der Waals surface area contributed by atoms with Gasteiger partial charge in [0, 0.05) is 5.41 Å². The highest BCUT2D eigenvalue weighted by molar-refractivity contribution is 5.35. The maximum absolute atomic E-state index is 9.42. The van der Waals surface area contributed by atoms with Crippen LogP contribution in [0.1, 0.15) is 43.7 Å². The lowest BCUT2D eigenvalue weighted by atomic mass is 9.69. The lowest BCUT2D eigenvalue weighted by molar-refractivity contribution is 0.380. The fraction of sp³-hybridized carbons (Fsp3) is 0.471. The lowest BCUT2D eigenvalue weighted by Gasteiger charge is -2.33. The van der Waals surface area contributed by atoms with Crippen molar-refractivity contribution in [2.75, 3.05) is 0 Å². The molecule has 0 N–H and O–H groups in total. The van der Waals surface area contributed by atoms with Crippen LogP contribution in [0, 0.1) is 17.2 Å². The molecule has 1 aromatic rings. The number of aryl methyl sites for hydroxylation is 1. The minimum atomic E-state index is -0.0629. The van der Waals surface area contributed by atoms with Crippen molar-refractivity contribution in [1.82, 2.24) is 0 Å². The molecule has 2 rings (SSSR count). The van der Waals surface area contributed by atoms with E-state index in [0.29, 0.717) is 0 Å². The van der Waals surface area contributed by atoms with E-state index < -0.39 is 0 Å². The van der Waals surface area contributed by atoms with Crippen molar-refractivity contribution >= 4 is 0 Å². The first-order valence-electron chi connectivity index (χ1n) is 6.88. The molecule has 1 heteroatoms. The van der Waals surface area contributed by atoms with Crippen LogP contribution in [0.25, 0.3) is 0 Å². The van der Waals surface area contributed by atoms with Gasteiger partial charge in [-0.15, -0.1) is 6.58 Å². The first-order valence-corrected chi connectivity index (χ1v) is 6.88. The molecule has 0 amide bonds. The number of allylic oxidation sites excluding steroid dienone is 1. The van der Waals surface area contributed by atoms with E-state index in [1.807, 2.05) is 6.08 Å². The van der Waals surface area contributed by atoms with Gasteiger partial charge in [0.15, 0.2) is 0 Å². The predicted octanol–water partition coefficient (Wildman–Crippen LogP) is 4.39. The summed E-state index contributed by atoms with van der Waals surface area (Å²) >= 11 is 0. The van der Waals surface area contributed by atoms with Crippen LogP contribution >= 0.6 is 0 Å². The second-order valence-electron chi connectivity index (χ2n) is 5.26. The molecule has 18 heavy (non-hydrogen) atoms. The molecule has 0 heterocycles. The van der Waals surface area contributed by atoms with Crippen LogP contribution in [0.4, 0.5) is 0 Å². The first kappa shape index (κ1) is 12.9. The maximum Gasteiger partial charge on any atom is 0.0737 e. The van der Waals surface area contributed by atoms with E-state index in [2.05, 4.69) is 43.8 Å². The van der Waals surface area contributed by atoms with Gasteiger partial charge in [0.2, 0.25) is 0 Å². The summed E-state index contributed by atoms with van der Waals surface area (Å²) in [5, 5.41) is 9.42. The van der Waals surface area contributed by atoms with Crippen molar-refractivity contribution in [2.24, 2.45) is 5.92 Å². The molecule has 1 atom stereocenters. The van der Waals surface area contributed by atoms with Crippen molar-refractivity contribution in [1.29, 1.82) is 5.26 Å². The fourth-order valence-corrected chi connectivity index (χ4v) is 3.29. The molecule has 0 radical (unpaired) electrons. The topological polar surface area (TPSA) is 23.8 Å². The van der Waals surface area contributed by atoms with E-state index >= 15 is 0 Å². The van der Waals surface area contributed by atoms with E-state index in [-0.39, 0.29) is 11.3 Å². The Balaban J connectivity index is 2.47. The highest BCUT2D eigenvalue weighted by Gasteiger charge is 2.41.